The second kappa shape index (κ2) is 7.23. The Kier molecular flexibility index (Phi) is 4.50. The molecule has 1 aliphatic heterocycles. The fourth-order valence-electron chi connectivity index (χ4n) is 4.58. The average Bonchev–Trinajstić information content (AvgIpc) is 3.37. The van der Waals surface area contributed by atoms with Gasteiger partial charge in [0, 0.05) is 42.5 Å². The first-order valence-corrected chi connectivity index (χ1v) is 10.5. The minimum atomic E-state index is -0.225. The topological polar surface area (TPSA) is 70.5 Å². The first-order valence-electron chi connectivity index (χ1n) is 10.5. The van der Waals surface area contributed by atoms with E-state index in [1.54, 1.807) is 5.01 Å². The lowest BCUT2D eigenvalue weighted by Gasteiger charge is -2.21. The van der Waals surface area contributed by atoms with Crippen LogP contribution in [0.2, 0.25) is 0 Å². The normalized spacial score (nSPS) is 16.3. The van der Waals surface area contributed by atoms with Gasteiger partial charge in [0.2, 0.25) is 5.91 Å². The molecule has 6 nitrogen and oxygen atoms in total. The molecule has 1 amide bonds. The molecule has 2 aromatic carbocycles. The number of carbonyl (C=O) groups excluding carboxylic acids is 1. The smallest absolute Gasteiger partial charge is 0.257 e. The minimum absolute atomic E-state index is 0.0528. The third-order valence-electron chi connectivity index (χ3n) is 6.23. The Bertz CT molecular complexity index is 1430. The van der Waals surface area contributed by atoms with Crippen LogP contribution in [0.15, 0.2) is 64.6 Å². The highest BCUT2D eigenvalue weighted by molar-refractivity contribution is 6.06. The number of aromatic amines is 1. The van der Waals surface area contributed by atoms with Gasteiger partial charge in [-0.15, -0.1) is 0 Å². The van der Waals surface area contributed by atoms with Crippen LogP contribution >= 0.6 is 0 Å². The second-order valence-corrected chi connectivity index (χ2v) is 8.10. The summed E-state index contributed by atoms with van der Waals surface area (Å²) in [5.41, 5.74) is 4.91. The van der Waals surface area contributed by atoms with E-state index in [-0.39, 0.29) is 17.5 Å². The van der Waals surface area contributed by atoms with E-state index in [0.717, 1.165) is 32.9 Å². The maximum absolute atomic E-state index is 13.0. The zero-order chi connectivity index (χ0) is 21.7. The van der Waals surface area contributed by atoms with Crippen molar-refractivity contribution in [3.8, 4) is 0 Å². The molecule has 0 fully saturated rings. The molecule has 2 aromatic heterocycles. The number of para-hydroxylation sites is 1. The quantitative estimate of drug-likeness (QED) is 0.541. The number of amides is 1. The van der Waals surface area contributed by atoms with E-state index >= 15 is 0 Å². The van der Waals surface area contributed by atoms with Crippen LogP contribution < -0.4 is 5.56 Å². The van der Waals surface area contributed by atoms with Crippen molar-refractivity contribution < 1.29 is 4.79 Å². The lowest BCUT2D eigenvalue weighted by molar-refractivity contribution is -0.132. The van der Waals surface area contributed by atoms with E-state index in [1.807, 2.05) is 51.4 Å². The van der Waals surface area contributed by atoms with Crippen LogP contribution in [0, 0.1) is 6.92 Å². The van der Waals surface area contributed by atoms with Gasteiger partial charge in [-0.3, -0.25) is 9.59 Å². The van der Waals surface area contributed by atoms with Gasteiger partial charge in [-0.1, -0.05) is 31.2 Å². The van der Waals surface area contributed by atoms with Gasteiger partial charge < -0.3 is 9.55 Å². The van der Waals surface area contributed by atoms with Crippen LogP contribution in [0.25, 0.3) is 21.8 Å². The van der Waals surface area contributed by atoms with E-state index in [9.17, 15) is 9.59 Å². The summed E-state index contributed by atoms with van der Waals surface area (Å²) in [5.74, 6) is -0.0528. The lowest BCUT2D eigenvalue weighted by atomic mass is 9.94. The van der Waals surface area contributed by atoms with Crippen LogP contribution in [-0.2, 0) is 11.8 Å². The molecule has 6 heteroatoms. The maximum Gasteiger partial charge on any atom is 0.257 e. The van der Waals surface area contributed by atoms with Crippen molar-refractivity contribution in [3.63, 3.8) is 0 Å². The number of aryl methyl sites for hydroxylation is 2. The van der Waals surface area contributed by atoms with E-state index in [0.29, 0.717) is 24.1 Å². The lowest BCUT2D eigenvalue weighted by Crippen LogP contribution is -2.26. The standard InChI is InChI=1S/C25H24N4O2/c1-4-23(30)29-22(16-9-10-21-17(13-16)11-12-28(21)3)14-20(27-29)24-15(2)18-7-5-6-8-19(18)26-25(24)31/h5-13,22H,4,14H2,1-3H3,(H,26,31). The van der Waals surface area contributed by atoms with Gasteiger partial charge in [0.05, 0.1) is 17.3 Å². The molecule has 3 heterocycles. The summed E-state index contributed by atoms with van der Waals surface area (Å²) in [6.45, 7) is 3.78. The highest BCUT2D eigenvalue weighted by atomic mass is 16.2. The van der Waals surface area contributed by atoms with Crippen molar-refractivity contribution in [3.05, 3.63) is 81.8 Å². The summed E-state index contributed by atoms with van der Waals surface area (Å²) in [6, 6.07) is 15.8. The van der Waals surface area contributed by atoms with Crippen LogP contribution in [0.5, 0.6) is 0 Å². The Hall–Kier alpha value is -3.67. The Balaban J connectivity index is 1.62. The molecule has 156 valence electrons. The molecule has 31 heavy (non-hydrogen) atoms. The number of hydrogen-bond donors (Lipinski definition) is 1. The Morgan fingerprint density at radius 2 is 2.00 bits per heavy atom. The molecule has 0 saturated heterocycles. The highest BCUT2D eigenvalue weighted by Crippen LogP contribution is 2.35. The van der Waals surface area contributed by atoms with Crippen molar-refractivity contribution in [1.82, 2.24) is 14.6 Å². The van der Waals surface area contributed by atoms with Gasteiger partial charge in [0.15, 0.2) is 0 Å². The molecule has 1 atom stereocenters. The average molecular weight is 412 g/mol. The Morgan fingerprint density at radius 3 is 2.81 bits per heavy atom. The van der Waals surface area contributed by atoms with Gasteiger partial charge >= 0.3 is 0 Å². The highest BCUT2D eigenvalue weighted by Gasteiger charge is 2.34. The third kappa shape index (κ3) is 3.06. The number of hydrazone groups is 1. The van der Waals surface area contributed by atoms with E-state index in [1.165, 1.54) is 0 Å². The van der Waals surface area contributed by atoms with Crippen LogP contribution in [0.3, 0.4) is 0 Å². The largest absolute Gasteiger partial charge is 0.351 e. The van der Waals surface area contributed by atoms with Gasteiger partial charge in [-0.25, -0.2) is 5.01 Å². The van der Waals surface area contributed by atoms with E-state index in [4.69, 9.17) is 0 Å². The fraction of sp³-hybridized carbons (Fsp3) is 0.240. The third-order valence-corrected chi connectivity index (χ3v) is 6.23. The molecular weight excluding hydrogens is 388 g/mol. The first kappa shape index (κ1) is 19.3. The van der Waals surface area contributed by atoms with Crippen molar-refractivity contribution >= 4 is 33.4 Å². The predicted molar refractivity (Wildman–Crippen MR) is 123 cm³/mol. The predicted octanol–water partition coefficient (Wildman–Crippen LogP) is 4.42. The number of rotatable bonds is 3. The number of nitrogens with one attached hydrogen (secondary N) is 1. The monoisotopic (exact) mass is 412 g/mol. The number of aromatic nitrogens is 2. The minimum Gasteiger partial charge on any atom is -0.351 e. The SMILES string of the molecule is CCC(=O)N1N=C(c2c(C)c3ccccc3[nH]c2=O)CC1c1ccc2c(ccn2C)c1. The molecule has 5 rings (SSSR count). The summed E-state index contributed by atoms with van der Waals surface area (Å²) >= 11 is 0. The number of carbonyl (C=O) groups is 1. The molecule has 1 unspecified atom stereocenters. The van der Waals surface area contributed by atoms with Crippen LogP contribution in [0.4, 0.5) is 0 Å². The number of nitrogens with zero attached hydrogens (tertiary/aromatic N) is 3. The summed E-state index contributed by atoms with van der Waals surface area (Å²) in [6.07, 6.45) is 2.89. The van der Waals surface area contributed by atoms with E-state index < -0.39 is 0 Å². The van der Waals surface area contributed by atoms with Crippen LogP contribution in [-0.4, -0.2) is 26.2 Å². The number of fused-ring (bicyclic) bond motifs is 2. The van der Waals surface area contributed by atoms with Crippen molar-refractivity contribution in [2.45, 2.75) is 32.7 Å². The zero-order valence-corrected chi connectivity index (χ0v) is 17.8. The summed E-state index contributed by atoms with van der Waals surface area (Å²) in [7, 11) is 2.01. The zero-order valence-electron chi connectivity index (χ0n) is 17.8. The maximum atomic E-state index is 13.0. The number of H-pyrrole nitrogens is 1. The van der Waals surface area contributed by atoms with Crippen molar-refractivity contribution in [2.75, 3.05) is 0 Å². The Morgan fingerprint density at radius 1 is 1.19 bits per heavy atom. The van der Waals surface area contributed by atoms with E-state index in [2.05, 4.69) is 38.9 Å². The van der Waals surface area contributed by atoms with Crippen molar-refractivity contribution in [2.24, 2.45) is 12.1 Å². The molecule has 0 radical (unpaired) electrons. The molecule has 0 spiro atoms. The molecule has 0 aliphatic carbocycles. The first-order chi connectivity index (χ1) is 15.0. The van der Waals surface area contributed by atoms with Gasteiger partial charge in [0.1, 0.15) is 0 Å². The number of benzene rings is 2. The second-order valence-electron chi connectivity index (χ2n) is 8.10. The van der Waals surface area contributed by atoms with Gasteiger partial charge in [0.25, 0.3) is 5.56 Å². The summed E-state index contributed by atoms with van der Waals surface area (Å²) < 4.78 is 2.07. The molecule has 1 N–H and O–H groups in total. The van der Waals surface area contributed by atoms with Crippen molar-refractivity contribution in [1.29, 1.82) is 0 Å². The van der Waals surface area contributed by atoms with Gasteiger partial charge in [-0.2, -0.15) is 5.10 Å². The number of hydrogen-bond acceptors (Lipinski definition) is 3. The molecule has 0 bridgehead atoms. The molecule has 4 aromatic rings. The Labute approximate surface area is 179 Å². The fourth-order valence-corrected chi connectivity index (χ4v) is 4.58. The molecule has 1 aliphatic rings. The molecular formula is C25H24N4O2. The summed E-state index contributed by atoms with van der Waals surface area (Å²) in [5, 5.41) is 8.35. The summed E-state index contributed by atoms with van der Waals surface area (Å²) in [4.78, 5) is 28.7. The van der Waals surface area contributed by atoms with Gasteiger partial charge in [-0.05, 0) is 47.7 Å². The van der Waals surface area contributed by atoms with Crippen LogP contribution in [0.1, 0.15) is 42.5 Å². The number of pyridine rings is 1. The molecule has 0 saturated carbocycles.